The lowest BCUT2D eigenvalue weighted by molar-refractivity contribution is -0.128. The van der Waals surface area contributed by atoms with Gasteiger partial charge >= 0.3 is 5.97 Å². The summed E-state index contributed by atoms with van der Waals surface area (Å²) in [5.74, 6) is 0.392. The molecule has 1 fully saturated rings. The summed E-state index contributed by atoms with van der Waals surface area (Å²) in [6, 6.07) is 7.07. The molecule has 1 aromatic carbocycles. The number of nitrogens with two attached hydrogens (primary N) is 1. The van der Waals surface area contributed by atoms with Crippen LogP contribution in [-0.4, -0.2) is 52.4 Å². The molecule has 142 valence electrons. The number of anilines is 2. The van der Waals surface area contributed by atoms with Gasteiger partial charge in [0.05, 0.1) is 5.56 Å². The molecule has 3 rings (SSSR count). The van der Waals surface area contributed by atoms with Gasteiger partial charge in [-0.2, -0.15) is 15.0 Å². The summed E-state index contributed by atoms with van der Waals surface area (Å²) in [4.78, 5) is 39.8. The van der Waals surface area contributed by atoms with Gasteiger partial charge in [-0.3, -0.25) is 4.79 Å². The van der Waals surface area contributed by atoms with Gasteiger partial charge in [0.2, 0.25) is 17.8 Å². The predicted octanol–water partition coefficient (Wildman–Crippen LogP) is 0.999. The fourth-order valence-corrected chi connectivity index (χ4v) is 2.79. The van der Waals surface area contributed by atoms with Gasteiger partial charge in [-0.15, -0.1) is 0 Å². The second kappa shape index (κ2) is 7.98. The maximum atomic E-state index is 12.4. The Morgan fingerprint density at radius 1 is 1.30 bits per heavy atom. The first-order valence-corrected chi connectivity index (χ1v) is 8.64. The lowest BCUT2D eigenvalue weighted by Crippen LogP contribution is -2.24. The molecule has 0 radical (unpaired) electrons. The number of hydrogen-bond acceptors (Lipinski definition) is 8. The number of likely N-dealkylation sites (tertiary alicyclic amines) is 1. The third-order valence-corrected chi connectivity index (χ3v) is 4.13. The van der Waals surface area contributed by atoms with Crippen LogP contribution in [0.1, 0.15) is 34.6 Å². The molecule has 2 heterocycles. The summed E-state index contributed by atoms with van der Waals surface area (Å²) in [7, 11) is 3.56. The molecule has 0 unspecified atom stereocenters. The number of ether oxygens (including phenoxy) is 1. The van der Waals surface area contributed by atoms with E-state index >= 15 is 0 Å². The predicted molar refractivity (Wildman–Crippen MR) is 98.8 cm³/mol. The van der Waals surface area contributed by atoms with E-state index in [0.717, 1.165) is 18.5 Å². The number of benzene rings is 1. The largest absolute Gasteiger partial charge is 0.454 e. The van der Waals surface area contributed by atoms with Crippen molar-refractivity contribution in [1.29, 1.82) is 0 Å². The van der Waals surface area contributed by atoms with Crippen LogP contribution in [0.4, 0.5) is 11.9 Å². The van der Waals surface area contributed by atoms with Crippen molar-refractivity contribution in [2.24, 2.45) is 0 Å². The molecular weight excluding hydrogens is 348 g/mol. The smallest absolute Gasteiger partial charge is 0.338 e. The van der Waals surface area contributed by atoms with Crippen molar-refractivity contribution >= 4 is 23.8 Å². The third-order valence-electron chi connectivity index (χ3n) is 4.13. The Labute approximate surface area is 157 Å². The Morgan fingerprint density at radius 3 is 2.81 bits per heavy atom. The van der Waals surface area contributed by atoms with Gasteiger partial charge in [0.1, 0.15) is 0 Å². The molecule has 9 nitrogen and oxygen atoms in total. The van der Waals surface area contributed by atoms with Crippen molar-refractivity contribution in [3.63, 3.8) is 0 Å². The first-order valence-electron chi connectivity index (χ1n) is 8.64. The Morgan fingerprint density at radius 2 is 2.11 bits per heavy atom. The molecule has 1 saturated heterocycles. The van der Waals surface area contributed by atoms with Crippen molar-refractivity contribution in [3.8, 4) is 0 Å². The Hall–Kier alpha value is -3.23. The molecule has 1 aromatic heterocycles. The van der Waals surface area contributed by atoms with E-state index in [-0.39, 0.29) is 24.3 Å². The minimum atomic E-state index is -0.491. The van der Waals surface area contributed by atoms with Crippen molar-refractivity contribution < 1.29 is 14.3 Å². The minimum absolute atomic E-state index is 0.0667. The van der Waals surface area contributed by atoms with Crippen LogP contribution in [0, 0.1) is 0 Å². The summed E-state index contributed by atoms with van der Waals surface area (Å²) < 4.78 is 5.30. The van der Waals surface area contributed by atoms with Crippen LogP contribution in [0.15, 0.2) is 24.3 Å². The van der Waals surface area contributed by atoms with E-state index in [1.165, 1.54) is 0 Å². The van der Waals surface area contributed by atoms with Crippen LogP contribution < -0.4 is 10.6 Å². The number of rotatable bonds is 6. The topological polar surface area (TPSA) is 115 Å². The van der Waals surface area contributed by atoms with Gasteiger partial charge in [-0.1, -0.05) is 12.1 Å². The number of esters is 1. The molecule has 0 aliphatic carbocycles. The zero-order valence-electron chi connectivity index (χ0n) is 15.4. The molecular formula is C18H22N6O3. The molecule has 0 saturated carbocycles. The Balaban J connectivity index is 1.64. The van der Waals surface area contributed by atoms with Crippen LogP contribution in [-0.2, 0) is 22.7 Å². The summed E-state index contributed by atoms with van der Waals surface area (Å²) in [6.45, 7) is 1.14. The van der Waals surface area contributed by atoms with Gasteiger partial charge < -0.3 is 20.3 Å². The fourth-order valence-electron chi connectivity index (χ4n) is 2.79. The maximum Gasteiger partial charge on any atom is 0.338 e. The number of nitrogen functional groups attached to an aromatic ring is 1. The van der Waals surface area contributed by atoms with Crippen molar-refractivity contribution in [1.82, 2.24) is 19.9 Å². The molecule has 1 aliphatic heterocycles. The van der Waals surface area contributed by atoms with E-state index in [1.54, 1.807) is 42.1 Å². The quantitative estimate of drug-likeness (QED) is 0.749. The maximum absolute atomic E-state index is 12.4. The van der Waals surface area contributed by atoms with Crippen molar-refractivity contribution in [3.05, 3.63) is 41.2 Å². The standard InChI is InChI=1S/C18H22N6O3/c1-23(2)18-21-14(20-17(19)22-18)11-27-16(26)13-6-3-5-12(9-13)10-24-8-4-7-15(24)25/h3,5-6,9H,4,7-8,10-11H2,1-2H3,(H2,19,20,21,22). The van der Waals surface area contributed by atoms with Crippen LogP contribution in [0.3, 0.4) is 0 Å². The van der Waals surface area contributed by atoms with Crippen molar-refractivity contribution in [2.75, 3.05) is 31.3 Å². The molecule has 0 atom stereocenters. The highest BCUT2D eigenvalue weighted by Gasteiger charge is 2.20. The van der Waals surface area contributed by atoms with Crippen LogP contribution >= 0.6 is 0 Å². The van der Waals surface area contributed by atoms with Gasteiger partial charge in [-0.25, -0.2) is 4.79 Å². The molecule has 0 bridgehead atoms. The minimum Gasteiger partial charge on any atom is -0.454 e. The highest BCUT2D eigenvalue weighted by molar-refractivity contribution is 5.89. The van der Waals surface area contributed by atoms with Gasteiger partial charge in [0.25, 0.3) is 0 Å². The monoisotopic (exact) mass is 370 g/mol. The highest BCUT2D eigenvalue weighted by Crippen LogP contribution is 2.16. The molecule has 0 spiro atoms. The number of carbonyl (C=O) groups excluding carboxylic acids is 2. The van der Waals surface area contributed by atoms with Gasteiger partial charge in [0.15, 0.2) is 12.4 Å². The summed E-state index contributed by atoms with van der Waals surface area (Å²) in [5.41, 5.74) is 6.96. The molecule has 2 N–H and O–H groups in total. The van der Waals surface area contributed by atoms with E-state index < -0.39 is 5.97 Å². The van der Waals surface area contributed by atoms with Gasteiger partial charge in [0, 0.05) is 33.6 Å². The van der Waals surface area contributed by atoms with E-state index in [2.05, 4.69) is 15.0 Å². The van der Waals surface area contributed by atoms with Crippen LogP contribution in [0.2, 0.25) is 0 Å². The normalized spacial score (nSPS) is 13.7. The average Bonchev–Trinajstić information content (AvgIpc) is 3.04. The second-order valence-electron chi connectivity index (χ2n) is 6.50. The van der Waals surface area contributed by atoms with E-state index in [9.17, 15) is 9.59 Å². The Kier molecular flexibility index (Phi) is 5.49. The van der Waals surface area contributed by atoms with Crippen LogP contribution in [0.25, 0.3) is 0 Å². The zero-order valence-corrected chi connectivity index (χ0v) is 15.4. The lowest BCUT2D eigenvalue weighted by Gasteiger charge is -2.16. The first kappa shape index (κ1) is 18.6. The van der Waals surface area contributed by atoms with Crippen LogP contribution in [0.5, 0.6) is 0 Å². The zero-order chi connectivity index (χ0) is 19.4. The number of hydrogen-bond donors (Lipinski definition) is 1. The second-order valence-corrected chi connectivity index (χ2v) is 6.50. The molecule has 2 aromatic rings. The molecule has 1 aliphatic rings. The van der Waals surface area contributed by atoms with Crippen molar-refractivity contribution in [2.45, 2.75) is 26.0 Å². The van der Waals surface area contributed by atoms with E-state index in [4.69, 9.17) is 10.5 Å². The molecule has 9 heteroatoms. The summed E-state index contributed by atoms with van der Waals surface area (Å²) in [6.07, 6.45) is 1.47. The first-order chi connectivity index (χ1) is 12.9. The fraction of sp³-hybridized carbons (Fsp3) is 0.389. The molecule has 1 amide bonds. The lowest BCUT2D eigenvalue weighted by atomic mass is 10.1. The number of aromatic nitrogens is 3. The highest BCUT2D eigenvalue weighted by atomic mass is 16.5. The average molecular weight is 370 g/mol. The summed E-state index contributed by atoms with van der Waals surface area (Å²) >= 11 is 0. The third kappa shape index (κ3) is 4.69. The molecule has 27 heavy (non-hydrogen) atoms. The van der Waals surface area contributed by atoms with Gasteiger partial charge in [-0.05, 0) is 24.1 Å². The van der Waals surface area contributed by atoms with E-state index in [1.807, 2.05) is 6.07 Å². The number of carbonyl (C=O) groups is 2. The SMILES string of the molecule is CN(C)c1nc(N)nc(COC(=O)c2cccc(CN3CCCC3=O)c2)n1. The number of amides is 1. The van der Waals surface area contributed by atoms with E-state index in [0.29, 0.717) is 24.5 Å². The summed E-state index contributed by atoms with van der Waals surface area (Å²) in [5, 5.41) is 0. The Bertz CT molecular complexity index is 855. The number of nitrogens with zero attached hydrogens (tertiary/aromatic N) is 5.